The molecule has 77 heavy (non-hydrogen) atoms. The minimum Gasteiger partial charge on any atom is -0.462 e. The molecule has 0 amide bonds. The van der Waals surface area contributed by atoms with Gasteiger partial charge in [0.15, 0.2) is 6.10 Å². The zero-order chi connectivity index (χ0) is 55.7. The maximum absolute atomic E-state index is 12.9. The van der Waals surface area contributed by atoms with E-state index in [0.717, 1.165) is 96.3 Å². The molecule has 0 aromatic rings. The van der Waals surface area contributed by atoms with Gasteiger partial charge < -0.3 is 14.2 Å². The maximum Gasteiger partial charge on any atom is 0.306 e. The summed E-state index contributed by atoms with van der Waals surface area (Å²) in [7, 11) is 0. The van der Waals surface area contributed by atoms with E-state index in [4.69, 9.17) is 14.2 Å². The summed E-state index contributed by atoms with van der Waals surface area (Å²) >= 11 is 0. The molecule has 1 unspecified atom stereocenters. The van der Waals surface area contributed by atoms with Crippen molar-refractivity contribution in [2.45, 2.75) is 361 Å². The SMILES string of the molecule is CC/C=C\C/C=C\C/C=C\C/C=C\CCCCCCCCCCC(=O)OC(COC(=O)CCCCCCC/C=C\CCCCC)COC(=O)CCCCCCCCCCCCCCCCCCCCCCCCCCCC. The van der Waals surface area contributed by atoms with Crippen LogP contribution >= 0.6 is 0 Å². The van der Waals surface area contributed by atoms with Crippen molar-refractivity contribution in [1.29, 1.82) is 0 Å². The molecule has 6 heteroatoms. The third-order valence-corrected chi connectivity index (χ3v) is 15.0. The van der Waals surface area contributed by atoms with Gasteiger partial charge in [0.1, 0.15) is 13.2 Å². The summed E-state index contributed by atoms with van der Waals surface area (Å²) in [5.74, 6) is -0.875. The molecule has 0 spiro atoms. The van der Waals surface area contributed by atoms with Crippen LogP contribution in [0, 0.1) is 0 Å². The van der Waals surface area contributed by atoms with Crippen LogP contribution in [0.15, 0.2) is 60.8 Å². The second-order valence-electron chi connectivity index (χ2n) is 22.7. The van der Waals surface area contributed by atoms with Gasteiger partial charge in [-0.3, -0.25) is 14.4 Å². The number of hydrogen-bond acceptors (Lipinski definition) is 6. The Labute approximate surface area is 479 Å². The first-order chi connectivity index (χ1) is 38.0. The number of rotatable bonds is 62. The maximum atomic E-state index is 12.9. The Morgan fingerprint density at radius 2 is 0.506 bits per heavy atom. The lowest BCUT2D eigenvalue weighted by molar-refractivity contribution is -0.167. The predicted molar refractivity (Wildman–Crippen MR) is 335 cm³/mol. The summed E-state index contributed by atoms with van der Waals surface area (Å²) in [5, 5.41) is 0. The van der Waals surface area contributed by atoms with Crippen LogP contribution in [0.2, 0.25) is 0 Å². The average Bonchev–Trinajstić information content (AvgIpc) is 3.43. The van der Waals surface area contributed by atoms with Gasteiger partial charge in [-0.05, 0) is 83.5 Å². The third-order valence-electron chi connectivity index (χ3n) is 15.0. The van der Waals surface area contributed by atoms with Crippen LogP contribution < -0.4 is 0 Å². The van der Waals surface area contributed by atoms with Crippen LogP contribution in [-0.4, -0.2) is 37.2 Å². The largest absolute Gasteiger partial charge is 0.462 e. The van der Waals surface area contributed by atoms with Gasteiger partial charge in [0.2, 0.25) is 0 Å². The molecule has 0 aliphatic heterocycles. The number of carbonyl (C=O) groups is 3. The van der Waals surface area contributed by atoms with Crippen LogP contribution in [0.4, 0.5) is 0 Å². The fraction of sp³-hybridized carbons (Fsp3) is 0.817. The number of allylic oxidation sites excluding steroid dienone is 10. The first-order valence-corrected chi connectivity index (χ1v) is 33.8. The van der Waals surface area contributed by atoms with Crippen molar-refractivity contribution in [3.63, 3.8) is 0 Å². The van der Waals surface area contributed by atoms with E-state index >= 15 is 0 Å². The Kier molecular flexibility index (Phi) is 63.2. The molecule has 0 rings (SSSR count). The summed E-state index contributed by atoms with van der Waals surface area (Å²) in [6, 6.07) is 0. The fourth-order valence-electron chi connectivity index (χ4n) is 9.96. The van der Waals surface area contributed by atoms with E-state index in [2.05, 4.69) is 81.5 Å². The first-order valence-electron chi connectivity index (χ1n) is 33.8. The number of ether oxygens (including phenoxy) is 3. The lowest BCUT2D eigenvalue weighted by Crippen LogP contribution is -2.30. The number of esters is 3. The highest BCUT2D eigenvalue weighted by Crippen LogP contribution is 2.18. The smallest absolute Gasteiger partial charge is 0.306 e. The normalized spacial score (nSPS) is 12.4. The van der Waals surface area contributed by atoms with E-state index in [0.29, 0.717) is 19.3 Å². The molecule has 0 aliphatic carbocycles. The van der Waals surface area contributed by atoms with Gasteiger partial charge in [-0.2, -0.15) is 0 Å². The minimum absolute atomic E-state index is 0.0767. The monoisotopic (exact) mass is 1080 g/mol. The molecule has 0 saturated carbocycles. The second-order valence-corrected chi connectivity index (χ2v) is 22.7. The molecule has 0 aliphatic rings. The van der Waals surface area contributed by atoms with E-state index in [1.165, 1.54) is 218 Å². The molecule has 0 fully saturated rings. The molecule has 448 valence electrons. The molecule has 0 aromatic carbocycles. The van der Waals surface area contributed by atoms with Crippen LogP contribution in [0.3, 0.4) is 0 Å². The molecular weight excluding hydrogens is 949 g/mol. The van der Waals surface area contributed by atoms with E-state index in [9.17, 15) is 14.4 Å². The molecule has 0 aromatic heterocycles. The number of carbonyl (C=O) groups excluding carboxylic acids is 3. The average molecular weight is 1080 g/mol. The van der Waals surface area contributed by atoms with Gasteiger partial charge in [0.05, 0.1) is 0 Å². The number of hydrogen-bond donors (Lipinski definition) is 0. The zero-order valence-corrected chi connectivity index (χ0v) is 51.5. The Hall–Kier alpha value is -2.89. The van der Waals surface area contributed by atoms with Gasteiger partial charge in [-0.25, -0.2) is 0 Å². The second kappa shape index (κ2) is 65.6. The van der Waals surface area contributed by atoms with Crippen LogP contribution in [0.25, 0.3) is 0 Å². The van der Waals surface area contributed by atoms with Gasteiger partial charge in [0.25, 0.3) is 0 Å². The van der Waals surface area contributed by atoms with E-state index < -0.39 is 6.10 Å². The summed E-state index contributed by atoms with van der Waals surface area (Å²) in [6.07, 6.45) is 83.9. The third kappa shape index (κ3) is 63.8. The van der Waals surface area contributed by atoms with E-state index in [1.54, 1.807) is 0 Å². The fourth-order valence-corrected chi connectivity index (χ4v) is 9.96. The van der Waals surface area contributed by atoms with Crippen LogP contribution in [0.1, 0.15) is 355 Å². The predicted octanol–water partition coefficient (Wildman–Crippen LogP) is 23.1. The van der Waals surface area contributed by atoms with Crippen molar-refractivity contribution in [1.82, 2.24) is 0 Å². The van der Waals surface area contributed by atoms with Gasteiger partial charge in [-0.15, -0.1) is 0 Å². The van der Waals surface area contributed by atoms with Gasteiger partial charge >= 0.3 is 17.9 Å². The van der Waals surface area contributed by atoms with Crippen molar-refractivity contribution in [2.24, 2.45) is 0 Å². The van der Waals surface area contributed by atoms with E-state index in [1.807, 2.05) is 0 Å². The summed E-state index contributed by atoms with van der Waals surface area (Å²) < 4.78 is 16.9. The van der Waals surface area contributed by atoms with Crippen LogP contribution in [0.5, 0.6) is 0 Å². The highest BCUT2D eigenvalue weighted by Gasteiger charge is 2.19. The Bertz CT molecular complexity index is 1380. The molecule has 0 radical (unpaired) electrons. The first kappa shape index (κ1) is 74.1. The van der Waals surface area contributed by atoms with Crippen molar-refractivity contribution in [2.75, 3.05) is 13.2 Å². The van der Waals surface area contributed by atoms with Crippen molar-refractivity contribution < 1.29 is 28.6 Å². The summed E-state index contributed by atoms with van der Waals surface area (Å²) in [5.41, 5.74) is 0. The van der Waals surface area contributed by atoms with Crippen LogP contribution in [-0.2, 0) is 28.6 Å². The standard InChI is InChI=1S/C71H128O6/c1-4-7-10-13-16-19-22-25-27-29-31-33-34-35-36-37-39-40-42-44-46-49-52-55-58-61-64-70(73)76-67-68(66-75-69(72)63-60-57-54-51-48-24-21-18-15-12-9-6-3)77-71(74)65-62-59-56-53-50-47-45-43-41-38-32-30-28-26-23-20-17-14-11-8-5-2/h8,11,17-18,20-21,26,28,32,38,68H,4-7,9-10,12-16,19,22-25,27,29-31,33-37,39-67H2,1-3H3/b11-8-,20-17-,21-18-,28-26-,38-32-. The van der Waals surface area contributed by atoms with Crippen molar-refractivity contribution >= 4 is 17.9 Å². The highest BCUT2D eigenvalue weighted by molar-refractivity contribution is 5.71. The number of unbranched alkanes of at least 4 members (excludes halogenated alkanes) is 41. The minimum atomic E-state index is -0.781. The molecule has 0 saturated heterocycles. The van der Waals surface area contributed by atoms with E-state index in [-0.39, 0.29) is 31.1 Å². The lowest BCUT2D eigenvalue weighted by Gasteiger charge is -2.18. The Balaban J connectivity index is 4.23. The summed E-state index contributed by atoms with van der Waals surface area (Å²) in [6.45, 7) is 6.54. The topological polar surface area (TPSA) is 78.9 Å². The Morgan fingerprint density at radius 3 is 0.831 bits per heavy atom. The van der Waals surface area contributed by atoms with Gasteiger partial charge in [-0.1, -0.05) is 313 Å². The molecule has 0 N–H and O–H groups in total. The zero-order valence-electron chi connectivity index (χ0n) is 51.5. The lowest BCUT2D eigenvalue weighted by atomic mass is 10.0. The molecule has 0 heterocycles. The molecular formula is C71H128O6. The highest BCUT2D eigenvalue weighted by atomic mass is 16.6. The molecule has 1 atom stereocenters. The van der Waals surface area contributed by atoms with Gasteiger partial charge in [0, 0.05) is 19.3 Å². The Morgan fingerprint density at radius 1 is 0.273 bits per heavy atom. The summed E-state index contributed by atoms with van der Waals surface area (Å²) in [4.78, 5) is 38.3. The quantitative estimate of drug-likeness (QED) is 0.0261. The molecule has 6 nitrogen and oxygen atoms in total. The van der Waals surface area contributed by atoms with Crippen molar-refractivity contribution in [3.8, 4) is 0 Å². The van der Waals surface area contributed by atoms with Crippen molar-refractivity contribution in [3.05, 3.63) is 60.8 Å². The molecule has 0 bridgehead atoms.